The van der Waals surface area contributed by atoms with Gasteiger partial charge in [0.15, 0.2) is 0 Å². The molecule has 5 heteroatoms. The molecule has 1 aliphatic rings. The normalized spacial score (nSPS) is 21.0. The van der Waals surface area contributed by atoms with Crippen LogP contribution >= 0.6 is 0 Å². The third-order valence-electron chi connectivity index (χ3n) is 2.50. The minimum atomic E-state index is -0.823. The quantitative estimate of drug-likeness (QED) is 0.705. The number of aliphatic carboxylic acids is 1. The molecule has 0 aromatic heterocycles. The van der Waals surface area contributed by atoms with Crippen molar-refractivity contribution in [2.24, 2.45) is 5.92 Å². The number of rotatable bonds is 3. The Labute approximate surface area is 83.3 Å². The second kappa shape index (κ2) is 4.41. The largest absolute Gasteiger partial charge is 0.481 e. The first-order valence-corrected chi connectivity index (χ1v) is 4.76. The van der Waals surface area contributed by atoms with Gasteiger partial charge in [-0.05, 0) is 6.42 Å². The third kappa shape index (κ3) is 2.45. The Morgan fingerprint density at radius 1 is 1.64 bits per heavy atom. The first kappa shape index (κ1) is 11.0. The highest BCUT2D eigenvalue weighted by molar-refractivity contribution is 5.76. The van der Waals surface area contributed by atoms with Gasteiger partial charge in [-0.1, -0.05) is 6.92 Å². The maximum atomic E-state index is 11.3. The Morgan fingerprint density at radius 2 is 2.29 bits per heavy atom. The van der Waals surface area contributed by atoms with E-state index in [9.17, 15) is 9.59 Å². The van der Waals surface area contributed by atoms with Gasteiger partial charge in [-0.2, -0.15) is 0 Å². The van der Waals surface area contributed by atoms with Gasteiger partial charge < -0.3 is 5.11 Å². The van der Waals surface area contributed by atoms with Gasteiger partial charge in [-0.25, -0.2) is 5.01 Å². The van der Waals surface area contributed by atoms with Gasteiger partial charge in [0.2, 0.25) is 5.91 Å². The molecule has 1 aliphatic heterocycles. The lowest BCUT2D eigenvalue weighted by Crippen LogP contribution is -2.50. The van der Waals surface area contributed by atoms with Gasteiger partial charge >= 0.3 is 5.97 Å². The lowest BCUT2D eigenvalue weighted by Gasteiger charge is -2.36. The average Bonchev–Trinajstić information content (AvgIpc) is 2.12. The first-order chi connectivity index (χ1) is 6.52. The van der Waals surface area contributed by atoms with E-state index in [1.807, 2.05) is 0 Å². The molecule has 1 heterocycles. The Hall–Kier alpha value is -1.10. The van der Waals surface area contributed by atoms with E-state index >= 15 is 0 Å². The van der Waals surface area contributed by atoms with Crippen LogP contribution in [0.4, 0.5) is 0 Å². The van der Waals surface area contributed by atoms with Crippen LogP contribution < -0.4 is 0 Å². The van der Waals surface area contributed by atoms with Crippen LogP contribution in [0.2, 0.25) is 0 Å². The first-order valence-electron chi connectivity index (χ1n) is 4.76. The second-order valence-electron chi connectivity index (χ2n) is 3.67. The molecule has 1 rings (SSSR count). The summed E-state index contributed by atoms with van der Waals surface area (Å²) in [4.78, 5) is 21.9. The average molecular weight is 200 g/mol. The Bertz CT molecular complexity index is 242. The SMILES string of the molecule is CC(CN1CCCC(=O)N1C)C(=O)O. The van der Waals surface area contributed by atoms with Crippen molar-refractivity contribution >= 4 is 11.9 Å². The molecule has 0 radical (unpaired) electrons. The van der Waals surface area contributed by atoms with Crippen molar-refractivity contribution in [3.63, 3.8) is 0 Å². The highest BCUT2D eigenvalue weighted by Crippen LogP contribution is 2.12. The maximum Gasteiger partial charge on any atom is 0.307 e. The van der Waals surface area contributed by atoms with Crippen molar-refractivity contribution in [3.8, 4) is 0 Å². The van der Waals surface area contributed by atoms with Crippen LogP contribution in [0.15, 0.2) is 0 Å². The van der Waals surface area contributed by atoms with Gasteiger partial charge in [-0.15, -0.1) is 0 Å². The molecule has 1 N–H and O–H groups in total. The van der Waals surface area contributed by atoms with Gasteiger partial charge in [0, 0.05) is 26.6 Å². The van der Waals surface area contributed by atoms with Gasteiger partial charge in [0.1, 0.15) is 0 Å². The van der Waals surface area contributed by atoms with Crippen LogP contribution in [-0.2, 0) is 9.59 Å². The van der Waals surface area contributed by atoms with E-state index in [1.165, 1.54) is 5.01 Å². The van der Waals surface area contributed by atoms with Crippen molar-refractivity contribution in [2.45, 2.75) is 19.8 Å². The number of carbonyl (C=O) groups excluding carboxylic acids is 1. The number of hydrazine groups is 1. The fraction of sp³-hybridized carbons (Fsp3) is 0.778. The topological polar surface area (TPSA) is 60.9 Å². The summed E-state index contributed by atoms with van der Waals surface area (Å²) in [6.45, 7) is 2.81. The summed E-state index contributed by atoms with van der Waals surface area (Å²) >= 11 is 0. The highest BCUT2D eigenvalue weighted by Gasteiger charge is 2.25. The number of carboxylic acids is 1. The lowest BCUT2D eigenvalue weighted by atomic mass is 10.1. The molecular weight excluding hydrogens is 184 g/mol. The van der Waals surface area contributed by atoms with Crippen molar-refractivity contribution in [2.75, 3.05) is 20.1 Å². The number of nitrogens with zero attached hydrogens (tertiary/aromatic N) is 2. The summed E-state index contributed by atoms with van der Waals surface area (Å²) in [7, 11) is 1.69. The van der Waals surface area contributed by atoms with E-state index in [0.29, 0.717) is 13.0 Å². The lowest BCUT2D eigenvalue weighted by molar-refractivity contribution is -0.156. The standard InChI is InChI=1S/C9H16N2O3/c1-7(9(13)14)6-11-5-3-4-8(12)10(11)2/h7H,3-6H2,1-2H3,(H,13,14). The zero-order chi connectivity index (χ0) is 10.7. The van der Waals surface area contributed by atoms with Crippen LogP contribution in [0.5, 0.6) is 0 Å². The van der Waals surface area contributed by atoms with E-state index in [1.54, 1.807) is 19.0 Å². The molecule has 1 saturated heterocycles. The summed E-state index contributed by atoms with van der Waals surface area (Å²) in [6, 6.07) is 0. The van der Waals surface area contributed by atoms with E-state index in [-0.39, 0.29) is 5.91 Å². The summed E-state index contributed by atoms with van der Waals surface area (Å²) in [5.41, 5.74) is 0. The second-order valence-corrected chi connectivity index (χ2v) is 3.67. The summed E-state index contributed by atoms with van der Waals surface area (Å²) in [5.74, 6) is -1.20. The number of amides is 1. The Kier molecular flexibility index (Phi) is 3.46. The molecule has 1 fully saturated rings. The molecule has 14 heavy (non-hydrogen) atoms. The highest BCUT2D eigenvalue weighted by atomic mass is 16.4. The molecule has 0 aromatic carbocycles. The zero-order valence-corrected chi connectivity index (χ0v) is 8.56. The van der Waals surface area contributed by atoms with Crippen molar-refractivity contribution in [1.82, 2.24) is 10.0 Å². The van der Waals surface area contributed by atoms with Gasteiger partial charge in [0.25, 0.3) is 0 Å². The molecule has 0 bridgehead atoms. The summed E-state index contributed by atoms with van der Waals surface area (Å²) in [5, 5.41) is 12.1. The van der Waals surface area contributed by atoms with E-state index in [4.69, 9.17) is 5.11 Å². The number of hydrogen-bond donors (Lipinski definition) is 1. The minimum Gasteiger partial charge on any atom is -0.481 e. The van der Waals surface area contributed by atoms with E-state index < -0.39 is 11.9 Å². The fourth-order valence-corrected chi connectivity index (χ4v) is 1.49. The van der Waals surface area contributed by atoms with E-state index in [2.05, 4.69) is 0 Å². The molecule has 80 valence electrons. The van der Waals surface area contributed by atoms with E-state index in [0.717, 1.165) is 13.0 Å². The van der Waals surface area contributed by atoms with Gasteiger partial charge in [-0.3, -0.25) is 14.6 Å². The molecule has 1 atom stereocenters. The number of carbonyl (C=O) groups is 2. The Morgan fingerprint density at radius 3 is 2.86 bits per heavy atom. The minimum absolute atomic E-state index is 0.0637. The van der Waals surface area contributed by atoms with Crippen LogP contribution in [-0.4, -0.2) is 47.1 Å². The molecule has 0 spiro atoms. The summed E-state index contributed by atoms with van der Waals surface area (Å²) in [6.07, 6.45) is 1.38. The zero-order valence-electron chi connectivity index (χ0n) is 8.56. The monoisotopic (exact) mass is 200 g/mol. The molecule has 0 aromatic rings. The maximum absolute atomic E-state index is 11.3. The van der Waals surface area contributed by atoms with Crippen LogP contribution in [0.25, 0.3) is 0 Å². The van der Waals surface area contributed by atoms with Crippen molar-refractivity contribution in [3.05, 3.63) is 0 Å². The van der Waals surface area contributed by atoms with Crippen LogP contribution in [0.3, 0.4) is 0 Å². The number of hydrogen-bond acceptors (Lipinski definition) is 3. The van der Waals surface area contributed by atoms with Crippen LogP contribution in [0.1, 0.15) is 19.8 Å². The number of carboxylic acid groups (broad SMARTS) is 1. The fourth-order valence-electron chi connectivity index (χ4n) is 1.49. The molecular formula is C9H16N2O3. The molecule has 1 unspecified atom stereocenters. The molecule has 0 aliphatic carbocycles. The molecule has 1 amide bonds. The Balaban J connectivity index is 2.51. The van der Waals surface area contributed by atoms with Gasteiger partial charge in [0.05, 0.1) is 5.92 Å². The molecule has 5 nitrogen and oxygen atoms in total. The van der Waals surface area contributed by atoms with Crippen LogP contribution in [0, 0.1) is 5.92 Å². The summed E-state index contributed by atoms with van der Waals surface area (Å²) < 4.78 is 0. The predicted molar refractivity (Wildman–Crippen MR) is 50.4 cm³/mol. The molecule has 0 saturated carbocycles. The van der Waals surface area contributed by atoms with Crippen molar-refractivity contribution in [1.29, 1.82) is 0 Å². The smallest absolute Gasteiger partial charge is 0.307 e. The third-order valence-corrected chi connectivity index (χ3v) is 2.50. The van der Waals surface area contributed by atoms with Crippen molar-refractivity contribution < 1.29 is 14.7 Å². The predicted octanol–water partition coefficient (Wildman–Crippen LogP) is 0.176.